The summed E-state index contributed by atoms with van der Waals surface area (Å²) < 4.78 is 5.91. The number of halogens is 2. The van der Waals surface area contributed by atoms with Crippen molar-refractivity contribution in [1.29, 1.82) is 0 Å². The average molecular weight is 469 g/mol. The number of amides is 2. The van der Waals surface area contributed by atoms with Crippen LogP contribution in [0, 0.1) is 6.92 Å². The summed E-state index contributed by atoms with van der Waals surface area (Å²) in [5.41, 5.74) is 2.33. The highest BCUT2D eigenvalue weighted by Crippen LogP contribution is 2.32. The second-order valence-electron chi connectivity index (χ2n) is 7.70. The van der Waals surface area contributed by atoms with Crippen molar-refractivity contribution in [3.63, 3.8) is 0 Å². The van der Waals surface area contributed by atoms with E-state index in [0.717, 1.165) is 18.4 Å². The van der Waals surface area contributed by atoms with Crippen LogP contribution in [0.15, 0.2) is 64.7 Å². The van der Waals surface area contributed by atoms with E-state index >= 15 is 0 Å². The zero-order chi connectivity index (χ0) is 22.7. The lowest BCUT2D eigenvalue weighted by atomic mass is 10.1. The van der Waals surface area contributed by atoms with E-state index in [1.54, 1.807) is 53.4 Å². The first-order valence-electron chi connectivity index (χ1n) is 10.3. The van der Waals surface area contributed by atoms with Crippen molar-refractivity contribution in [2.75, 3.05) is 13.1 Å². The van der Waals surface area contributed by atoms with Crippen LogP contribution in [-0.4, -0.2) is 29.8 Å². The molecule has 2 aromatic carbocycles. The topological polar surface area (TPSA) is 62.6 Å². The predicted molar refractivity (Wildman–Crippen MR) is 127 cm³/mol. The summed E-state index contributed by atoms with van der Waals surface area (Å²) in [5, 5.41) is 3.81. The third-order valence-corrected chi connectivity index (χ3v) is 5.86. The maximum absolute atomic E-state index is 13.1. The SMILES string of the molecule is Cc1ccc(C(=O)N/C(=C\c2ccc(-c3cc(Cl)ccc3Cl)o2)C(=O)N2CCCC2)cc1. The standard InChI is InChI=1S/C25H22Cl2N2O3/c1-16-4-6-17(7-5-16)24(30)28-22(25(31)29-12-2-3-13-29)15-19-9-11-23(32-19)20-14-18(26)8-10-21(20)27/h4-11,14-15H,2-3,12-13H2,1H3,(H,28,30)/b22-15-. The lowest BCUT2D eigenvalue weighted by Gasteiger charge is -2.18. The molecule has 1 aliphatic rings. The van der Waals surface area contributed by atoms with E-state index in [9.17, 15) is 9.59 Å². The van der Waals surface area contributed by atoms with E-state index < -0.39 is 0 Å². The molecule has 4 rings (SSSR count). The molecule has 0 radical (unpaired) electrons. The molecule has 0 aliphatic carbocycles. The summed E-state index contributed by atoms with van der Waals surface area (Å²) in [6.07, 6.45) is 3.45. The fourth-order valence-corrected chi connectivity index (χ4v) is 3.93. The minimum Gasteiger partial charge on any atom is -0.457 e. The van der Waals surface area contributed by atoms with Gasteiger partial charge in [-0.25, -0.2) is 0 Å². The molecule has 1 aromatic heterocycles. The van der Waals surface area contributed by atoms with Crippen LogP contribution in [-0.2, 0) is 4.79 Å². The second kappa shape index (κ2) is 9.63. The lowest BCUT2D eigenvalue weighted by Crippen LogP contribution is -2.36. The number of rotatable bonds is 5. The zero-order valence-electron chi connectivity index (χ0n) is 17.5. The molecule has 3 aromatic rings. The van der Waals surface area contributed by atoms with E-state index in [4.69, 9.17) is 27.6 Å². The van der Waals surface area contributed by atoms with Gasteiger partial charge in [0.2, 0.25) is 0 Å². The Bertz CT molecular complexity index is 1180. The summed E-state index contributed by atoms with van der Waals surface area (Å²) in [4.78, 5) is 27.6. The largest absolute Gasteiger partial charge is 0.457 e. The highest BCUT2D eigenvalue weighted by atomic mass is 35.5. The zero-order valence-corrected chi connectivity index (χ0v) is 19.0. The van der Waals surface area contributed by atoms with Crippen molar-refractivity contribution in [3.8, 4) is 11.3 Å². The summed E-state index contributed by atoms with van der Waals surface area (Å²) in [7, 11) is 0. The van der Waals surface area contributed by atoms with Gasteiger partial charge in [-0.2, -0.15) is 0 Å². The molecule has 2 amide bonds. The Morgan fingerprint density at radius 2 is 1.72 bits per heavy atom. The number of carbonyl (C=O) groups excluding carboxylic acids is 2. The van der Waals surface area contributed by atoms with Crippen molar-refractivity contribution in [3.05, 3.63) is 87.2 Å². The molecular formula is C25H22Cl2N2O3. The summed E-state index contributed by atoms with van der Waals surface area (Å²) in [6.45, 7) is 3.28. The highest BCUT2D eigenvalue weighted by Gasteiger charge is 2.24. The van der Waals surface area contributed by atoms with Gasteiger partial charge in [-0.3, -0.25) is 9.59 Å². The number of furan rings is 1. The number of hydrogen-bond donors (Lipinski definition) is 1. The van der Waals surface area contributed by atoms with Crippen molar-refractivity contribution in [1.82, 2.24) is 10.2 Å². The minimum atomic E-state index is -0.353. The smallest absolute Gasteiger partial charge is 0.270 e. The number of likely N-dealkylation sites (tertiary alicyclic amines) is 1. The number of nitrogens with one attached hydrogen (secondary N) is 1. The Hall–Kier alpha value is -3.02. The predicted octanol–water partition coefficient (Wildman–Crippen LogP) is 5.96. The van der Waals surface area contributed by atoms with Crippen molar-refractivity contribution in [2.24, 2.45) is 0 Å². The van der Waals surface area contributed by atoms with Crippen LogP contribution in [0.3, 0.4) is 0 Å². The van der Waals surface area contributed by atoms with Gasteiger partial charge in [-0.05, 0) is 62.2 Å². The van der Waals surface area contributed by atoms with E-state index in [1.807, 2.05) is 19.1 Å². The van der Waals surface area contributed by atoms with Gasteiger partial charge in [0, 0.05) is 35.3 Å². The Kier molecular flexibility index (Phi) is 6.68. The number of carbonyl (C=O) groups is 2. The molecule has 1 saturated heterocycles. The summed E-state index contributed by atoms with van der Waals surface area (Å²) in [5.74, 6) is 0.347. The molecular weight excluding hydrogens is 447 g/mol. The van der Waals surface area contributed by atoms with Crippen LogP contribution in [0.1, 0.15) is 34.5 Å². The molecule has 1 fully saturated rings. The van der Waals surface area contributed by atoms with Gasteiger partial charge in [-0.15, -0.1) is 0 Å². The van der Waals surface area contributed by atoms with Crippen LogP contribution in [0.2, 0.25) is 10.0 Å². The number of hydrogen-bond acceptors (Lipinski definition) is 3. The molecule has 5 nitrogen and oxygen atoms in total. The highest BCUT2D eigenvalue weighted by molar-refractivity contribution is 6.35. The van der Waals surface area contributed by atoms with Crippen molar-refractivity contribution < 1.29 is 14.0 Å². The van der Waals surface area contributed by atoms with Gasteiger partial charge in [0.1, 0.15) is 17.2 Å². The minimum absolute atomic E-state index is 0.163. The van der Waals surface area contributed by atoms with E-state index in [0.29, 0.717) is 45.8 Å². The van der Waals surface area contributed by atoms with Gasteiger partial charge in [0.15, 0.2) is 0 Å². The van der Waals surface area contributed by atoms with E-state index in [2.05, 4.69) is 5.32 Å². The maximum atomic E-state index is 13.1. The molecule has 2 heterocycles. The molecule has 0 atom stereocenters. The first kappa shape index (κ1) is 22.2. The Labute approximate surface area is 196 Å². The Morgan fingerprint density at radius 3 is 2.44 bits per heavy atom. The van der Waals surface area contributed by atoms with Crippen molar-refractivity contribution in [2.45, 2.75) is 19.8 Å². The van der Waals surface area contributed by atoms with Crippen LogP contribution < -0.4 is 5.32 Å². The molecule has 0 spiro atoms. The summed E-state index contributed by atoms with van der Waals surface area (Å²) >= 11 is 12.4. The van der Waals surface area contributed by atoms with E-state index in [-0.39, 0.29) is 17.5 Å². The Morgan fingerprint density at radius 1 is 1.00 bits per heavy atom. The maximum Gasteiger partial charge on any atom is 0.270 e. The van der Waals surface area contributed by atoms with Crippen LogP contribution in [0.25, 0.3) is 17.4 Å². The van der Waals surface area contributed by atoms with Crippen LogP contribution >= 0.6 is 23.2 Å². The lowest BCUT2D eigenvalue weighted by molar-refractivity contribution is -0.126. The quantitative estimate of drug-likeness (QED) is 0.470. The fraction of sp³-hybridized carbons (Fsp3) is 0.200. The van der Waals surface area contributed by atoms with Crippen LogP contribution in [0.5, 0.6) is 0 Å². The number of nitrogens with zero attached hydrogens (tertiary/aromatic N) is 1. The van der Waals surface area contributed by atoms with Gasteiger partial charge >= 0.3 is 0 Å². The average Bonchev–Trinajstić information content (AvgIpc) is 3.47. The van der Waals surface area contributed by atoms with Gasteiger partial charge < -0.3 is 14.6 Å². The molecule has 0 saturated carbocycles. The van der Waals surface area contributed by atoms with E-state index in [1.165, 1.54) is 0 Å². The molecule has 164 valence electrons. The first-order valence-corrected chi connectivity index (χ1v) is 11.1. The molecule has 32 heavy (non-hydrogen) atoms. The first-order chi connectivity index (χ1) is 15.4. The monoisotopic (exact) mass is 468 g/mol. The molecule has 0 bridgehead atoms. The normalized spacial score (nSPS) is 14.0. The fourth-order valence-electron chi connectivity index (χ4n) is 3.55. The van der Waals surface area contributed by atoms with Gasteiger partial charge in [0.05, 0.1) is 5.02 Å². The molecule has 1 N–H and O–H groups in total. The number of aryl methyl sites for hydroxylation is 1. The third-order valence-electron chi connectivity index (χ3n) is 5.29. The molecule has 1 aliphatic heterocycles. The van der Waals surface area contributed by atoms with Gasteiger partial charge in [0.25, 0.3) is 11.8 Å². The molecule has 0 unspecified atom stereocenters. The second-order valence-corrected chi connectivity index (χ2v) is 8.55. The summed E-state index contributed by atoms with van der Waals surface area (Å²) in [6, 6.07) is 15.8. The Balaban J connectivity index is 1.64. The number of benzene rings is 2. The van der Waals surface area contributed by atoms with Crippen molar-refractivity contribution >= 4 is 41.1 Å². The van der Waals surface area contributed by atoms with Gasteiger partial charge in [-0.1, -0.05) is 40.9 Å². The molecule has 7 heteroatoms. The third kappa shape index (κ3) is 5.06. The van der Waals surface area contributed by atoms with Crippen LogP contribution in [0.4, 0.5) is 0 Å².